The molecule has 15 heavy (non-hydrogen) atoms. The molecule has 0 aliphatic heterocycles. The van der Waals surface area contributed by atoms with Crippen molar-refractivity contribution in [2.24, 2.45) is 0 Å². The molecule has 4 nitrogen and oxygen atoms in total. The van der Waals surface area contributed by atoms with E-state index >= 15 is 0 Å². The second kappa shape index (κ2) is 7.04. The van der Waals surface area contributed by atoms with Gasteiger partial charge < -0.3 is 9.84 Å². The van der Waals surface area contributed by atoms with Gasteiger partial charge in [-0.1, -0.05) is 6.58 Å². The number of carboxylic acids is 1. The molecule has 0 rings (SSSR count). The molecule has 1 N–H and O–H groups in total. The SMILES string of the molecule is C=C(C)C(=O)OC(C)CCCCC(=O)O. The van der Waals surface area contributed by atoms with Crippen molar-refractivity contribution in [2.45, 2.75) is 45.6 Å². The lowest BCUT2D eigenvalue weighted by molar-refractivity contribution is -0.144. The third-order valence-electron chi connectivity index (χ3n) is 1.91. The van der Waals surface area contributed by atoms with Gasteiger partial charge in [0.1, 0.15) is 0 Å². The normalized spacial score (nSPS) is 11.9. The molecule has 1 atom stereocenters. The van der Waals surface area contributed by atoms with Crippen LogP contribution < -0.4 is 0 Å². The Bertz CT molecular complexity index is 245. The summed E-state index contributed by atoms with van der Waals surface area (Å²) in [5, 5.41) is 8.40. The molecular formula is C11H18O4. The number of ether oxygens (including phenoxy) is 1. The van der Waals surface area contributed by atoms with E-state index < -0.39 is 5.97 Å². The van der Waals surface area contributed by atoms with Crippen LogP contribution in [0.4, 0.5) is 0 Å². The van der Waals surface area contributed by atoms with E-state index in [0.29, 0.717) is 18.4 Å². The van der Waals surface area contributed by atoms with Crippen molar-refractivity contribution >= 4 is 11.9 Å². The van der Waals surface area contributed by atoms with E-state index in [9.17, 15) is 9.59 Å². The Morgan fingerprint density at radius 3 is 2.47 bits per heavy atom. The Balaban J connectivity index is 3.57. The molecule has 0 heterocycles. The van der Waals surface area contributed by atoms with Crippen LogP contribution >= 0.6 is 0 Å². The maximum absolute atomic E-state index is 11.1. The van der Waals surface area contributed by atoms with Crippen molar-refractivity contribution in [2.75, 3.05) is 0 Å². The summed E-state index contributed by atoms with van der Waals surface area (Å²) in [7, 11) is 0. The molecule has 0 saturated carbocycles. The fourth-order valence-corrected chi connectivity index (χ4v) is 1.05. The third-order valence-corrected chi connectivity index (χ3v) is 1.91. The van der Waals surface area contributed by atoms with Crippen LogP contribution in [-0.4, -0.2) is 23.1 Å². The zero-order valence-corrected chi connectivity index (χ0v) is 9.28. The topological polar surface area (TPSA) is 63.6 Å². The molecule has 0 saturated heterocycles. The lowest BCUT2D eigenvalue weighted by Crippen LogP contribution is -2.15. The van der Waals surface area contributed by atoms with Gasteiger partial charge in [-0.05, 0) is 33.1 Å². The molecule has 0 amide bonds. The van der Waals surface area contributed by atoms with Crippen LogP contribution in [0.2, 0.25) is 0 Å². The Hall–Kier alpha value is -1.32. The molecule has 0 aliphatic rings. The first-order valence-corrected chi connectivity index (χ1v) is 5.01. The predicted octanol–water partition coefficient (Wildman–Crippen LogP) is 2.14. The first-order valence-electron chi connectivity index (χ1n) is 5.01. The van der Waals surface area contributed by atoms with E-state index in [1.54, 1.807) is 13.8 Å². The summed E-state index contributed by atoms with van der Waals surface area (Å²) in [5.41, 5.74) is 0.382. The quantitative estimate of drug-likeness (QED) is 0.400. The molecule has 0 aliphatic carbocycles. The van der Waals surface area contributed by atoms with Gasteiger partial charge in [0.15, 0.2) is 0 Å². The van der Waals surface area contributed by atoms with E-state index in [0.717, 1.165) is 6.42 Å². The minimum Gasteiger partial charge on any atom is -0.481 e. The van der Waals surface area contributed by atoms with E-state index in [1.807, 2.05) is 0 Å². The van der Waals surface area contributed by atoms with Crippen LogP contribution in [0.5, 0.6) is 0 Å². The summed E-state index contributed by atoms with van der Waals surface area (Å²) in [5.74, 6) is -1.18. The van der Waals surface area contributed by atoms with Crippen LogP contribution in [0, 0.1) is 0 Å². The molecule has 4 heteroatoms. The van der Waals surface area contributed by atoms with Gasteiger partial charge in [-0.25, -0.2) is 4.79 Å². The Labute approximate surface area is 89.9 Å². The van der Waals surface area contributed by atoms with Gasteiger partial charge in [0, 0.05) is 12.0 Å². The highest BCUT2D eigenvalue weighted by atomic mass is 16.5. The highest BCUT2D eigenvalue weighted by Crippen LogP contribution is 2.08. The maximum Gasteiger partial charge on any atom is 0.333 e. The van der Waals surface area contributed by atoms with E-state index in [4.69, 9.17) is 9.84 Å². The molecule has 0 aromatic heterocycles. The summed E-state index contributed by atoms with van der Waals surface area (Å²) < 4.78 is 5.03. The molecule has 0 aromatic carbocycles. The zero-order valence-electron chi connectivity index (χ0n) is 9.28. The van der Waals surface area contributed by atoms with E-state index in [2.05, 4.69) is 6.58 Å². The molecule has 0 radical (unpaired) electrons. The number of esters is 1. The third kappa shape index (κ3) is 7.73. The highest BCUT2D eigenvalue weighted by molar-refractivity contribution is 5.87. The second-order valence-corrected chi connectivity index (χ2v) is 3.64. The first-order chi connectivity index (χ1) is 6.93. The van der Waals surface area contributed by atoms with Crippen LogP contribution in [0.25, 0.3) is 0 Å². The molecule has 0 bridgehead atoms. The monoisotopic (exact) mass is 214 g/mol. The van der Waals surface area contributed by atoms with Crippen molar-refractivity contribution in [1.29, 1.82) is 0 Å². The summed E-state index contributed by atoms with van der Waals surface area (Å²) in [4.78, 5) is 21.3. The maximum atomic E-state index is 11.1. The summed E-state index contributed by atoms with van der Waals surface area (Å²) in [6, 6.07) is 0. The Morgan fingerprint density at radius 2 is 2.00 bits per heavy atom. The van der Waals surface area contributed by atoms with Crippen LogP contribution in [0.1, 0.15) is 39.5 Å². The zero-order chi connectivity index (χ0) is 11.8. The fraction of sp³-hybridized carbons (Fsp3) is 0.636. The smallest absolute Gasteiger partial charge is 0.333 e. The van der Waals surface area contributed by atoms with Gasteiger partial charge >= 0.3 is 11.9 Å². The van der Waals surface area contributed by atoms with Gasteiger partial charge in [-0.3, -0.25) is 4.79 Å². The molecule has 0 fully saturated rings. The standard InChI is InChI=1S/C11H18O4/c1-8(2)11(14)15-9(3)6-4-5-7-10(12)13/h9H,1,4-7H2,2-3H3,(H,12,13). The molecular weight excluding hydrogens is 196 g/mol. The predicted molar refractivity (Wildman–Crippen MR) is 56.5 cm³/mol. The van der Waals surface area contributed by atoms with Gasteiger partial charge in [-0.2, -0.15) is 0 Å². The number of hydrogen-bond acceptors (Lipinski definition) is 3. The van der Waals surface area contributed by atoms with Crippen molar-refractivity contribution in [3.05, 3.63) is 12.2 Å². The number of rotatable bonds is 7. The van der Waals surface area contributed by atoms with Crippen LogP contribution in [-0.2, 0) is 14.3 Å². The Kier molecular flexibility index (Phi) is 6.42. The van der Waals surface area contributed by atoms with Crippen molar-refractivity contribution in [3.8, 4) is 0 Å². The van der Waals surface area contributed by atoms with Gasteiger partial charge in [-0.15, -0.1) is 0 Å². The Morgan fingerprint density at radius 1 is 1.40 bits per heavy atom. The first kappa shape index (κ1) is 13.7. The van der Waals surface area contributed by atoms with Crippen molar-refractivity contribution < 1.29 is 19.4 Å². The van der Waals surface area contributed by atoms with E-state index in [-0.39, 0.29) is 18.5 Å². The lowest BCUT2D eigenvalue weighted by atomic mass is 10.1. The largest absolute Gasteiger partial charge is 0.481 e. The highest BCUT2D eigenvalue weighted by Gasteiger charge is 2.09. The van der Waals surface area contributed by atoms with Crippen molar-refractivity contribution in [1.82, 2.24) is 0 Å². The summed E-state index contributed by atoms with van der Waals surface area (Å²) >= 11 is 0. The summed E-state index contributed by atoms with van der Waals surface area (Å²) in [6.45, 7) is 6.87. The number of unbranched alkanes of at least 4 members (excludes halogenated alkanes) is 1. The number of hydrogen-bond donors (Lipinski definition) is 1. The average molecular weight is 214 g/mol. The van der Waals surface area contributed by atoms with Gasteiger partial charge in [0.05, 0.1) is 6.10 Å². The molecule has 1 unspecified atom stereocenters. The summed E-state index contributed by atoms with van der Waals surface area (Å²) in [6.07, 6.45) is 2.04. The minimum absolute atomic E-state index is 0.168. The number of carbonyl (C=O) groups is 2. The molecule has 0 aromatic rings. The number of carbonyl (C=O) groups excluding carboxylic acids is 1. The van der Waals surface area contributed by atoms with Gasteiger partial charge in [0.25, 0.3) is 0 Å². The van der Waals surface area contributed by atoms with E-state index in [1.165, 1.54) is 0 Å². The van der Waals surface area contributed by atoms with Crippen LogP contribution in [0.3, 0.4) is 0 Å². The molecule has 86 valence electrons. The number of aliphatic carboxylic acids is 1. The second-order valence-electron chi connectivity index (χ2n) is 3.64. The average Bonchev–Trinajstić information content (AvgIpc) is 2.12. The fourth-order valence-electron chi connectivity index (χ4n) is 1.05. The van der Waals surface area contributed by atoms with Crippen molar-refractivity contribution in [3.63, 3.8) is 0 Å². The van der Waals surface area contributed by atoms with Gasteiger partial charge in [0.2, 0.25) is 0 Å². The number of carboxylic acid groups (broad SMARTS) is 1. The lowest BCUT2D eigenvalue weighted by Gasteiger charge is -2.12. The molecule has 0 spiro atoms. The van der Waals surface area contributed by atoms with Crippen LogP contribution in [0.15, 0.2) is 12.2 Å². The minimum atomic E-state index is -0.790.